The van der Waals surface area contributed by atoms with E-state index in [1.165, 1.54) is 25.9 Å². The van der Waals surface area contributed by atoms with Crippen LogP contribution < -0.4 is 5.32 Å². The third-order valence-corrected chi connectivity index (χ3v) is 3.28. The summed E-state index contributed by atoms with van der Waals surface area (Å²) < 4.78 is 10.3. The Hall–Kier alpha value is -0.160. The second kappa shape index (κ2) is 9.83. The van der Waals surface area contributed by atoms with Gasteiger partial charge in [-0.2, -0.15) is 0 Å². The molecule has 1 rings (SSSR count). The zero-order valence-electron chi connectivity index (χ0n) is 11.4. The van der Waals surface area contributed by atoms with Gasteiger partial charge in [-0.05, 0) is 45.8 Å². The highest BCUT2D eigenvalue weighted by Gasteiger charge is 2.16. The number of rotatable bonds is 10. The van der Waals surface area contributed by atoms with E-state index in [-0.39, 0.29) is 0 Å². The number of ether oxygens (including phenoxy) is 2. The highest BCUT2D eigenvalue weighted by Crippen LogP contribution is 2.10. The minimum Gasteiger partial charge on any atom is -0.382 e. The van der Waals surface area contributed by atoms with Crippen LogP contribution >= 0.6 is 0 Å². The minimum absolute atomic E-state index is 0.673. The lowest BCUT2D eigenvalue weighted by molar-refractivity contribution is 0.0693. The lowest BCUT2D eigenvalue weighted by Crippen LogP contribution is -2.38. The molecular weight excluding hydrogens is 216 g/mol. The van der Waals surface area contributed by atoms with Crippen LogP contribution in [0.5, 0.6) is 0 Å². The maximum atomic E-state index is 5.41. The molecule has 1 aliphatic heterocycles. The van der Waals surface area contributed by atoms with E-state index in [0.29, 0.717) is 19.3 Å². The molecule has 0 spiro atoms. The zero-order valence-corrected chi connectivity index (χ0v) is 11.4. The molecule has 1 saturated heterocycles. The van der Waals surface area contributed by atoms with Crippen molar-refractivity contribution in [2.24, 2.45) is 0 Å². The van der Waals surface area contributed by atoms with E-state index in [1.54, 1.807) is 7.11 Å². The average Bonchev–Trinajstić information content (AvgIpc) is 2.86. The summed E-state index contributed by atoms with van der Waals surface area (Å²) in [6.45, 7) is 9.25. The van der Waals surface area contributed by atoms with Gasteiger partial charge in [0.15, 0.2) is 0 Å². The first-order chi connectivity index (χ1) is 8.34. The Bertz CT molecular complexity index is 173. The van der Waals surface area contributed by atoms with E-state index >= 15 is 0 Å². The van der Waals surface area contributed by atoms with Crippen LogP contribution in [0.15, 0.2) is 0 Å². The number of nitrogens with one attached hydrogen (secondary N) is 1. The quantitative estimate of drug-likeness (QED) is 0.584. The van der Waals surface area contributed by atoms with Crippen molar-refractivity contribution in [3.63, 3.8) is 0 Å². The fraction of sp³-hybridized carbons (Fsp3) is 1.00. The fourth-order valence-electron chi connectivity index (χ4n) is 2.17. The van der Waals surface area contributed by atoms with Gasteiger partial charge in [-0.3, -0.25) is 4.90 Å². The standard InChI is InChI=1S/C13H28N2O2/c1-13(15-7-3-4-8-15)12-14-6-5-9-17-11-10-16-2/h13-14H,3-12H2,1-2H3. The maximum absolute atomic E-state index is 5.41. The Balaban J connectivity index is 1.83. The third kappa shape index (κ3) is 6.99. The predicted molar refractivity (Wildman–Crippen MR) is 70.5 cm³/mol. The predicted octanol–water partition coefficient (Wildman–Crippen LogP) is 1.11. The average molecular weight is 244 g/mol. The van der Waals surface area contributed by atoms with Crippen LogP contribution in [0.4, 0.5) is 0 Å². The first-order valence-corrected chi connectivity index (χ1v) is 6.86. The summed E-state index contributed by atoms with van der Waals surface area (Å²) in [7, 11) is 1.70. The summed E-state index contributed by atoms with van der Waals surface area (Å²) in [6.07, 6.45) is 3.83. The van der Waals surface area contributed by atoms with Crippen molar-refractivity contribution < 1.29 is 9.47 Å². The molecule has 0 aliphatic carbocycles. The first-order valence-electron chi connectivity index (χ1n) is 6.86. The van der Waals surface area contributed by atoms with Crippen LogP contribution in [0.2, 0.25) is 0 Å². The number of hydrogen-bond acceptors (Lipinski definition) is 4. The van der Waals surface area contributed by atoms with Gasteiger partial charge in [-0.25, -0.2) is 0 Å². The van der Waals surface area contributed by atoms with E-state index in [2.05, 4.69) is 17.1 Å². The van der Waals surface area contributed by atoms with Crippen molar-refractivity contribution in [3.05, 3.63) is 0 Å². The van der Waals surface area contributed by atoms with Crippen LogP contribution in [0, 0.1) is 0 Å². The Morgan fingerprint density at radius 2 is 1.94 bits per heavy atom. The van der Waals surface area contributed by atoms with Gasteiger partial charge in [0.25, 0.3) is 0 Å². The molecule has 4 nitrogen and oxygen atoms in total. The molecule has 17 heavy (non-hydrogen) atoms. The van der Waals surface area contributed by atoms with E-state index in [9.17, 15) is 0 Å². The van der Waals surface area contributed by atoms with Gasteiger partial charge < -0.3 is 14.8 Å². The van der Waals surface area contributed by atoms with Crippen molar-refractivity contribution in [1.82, 2.24) is 10.2 Å². The molecule has 0 amide bonds. The van der Waals surface area contributed by atoms with Crippen LogP contribution in [-0.2, 0) is 9.47 Å². The van der Waals surface area contributed by atoms with E-state index < -0.39 is 0 Å². The second-order valence-corrected chi connectivity index (χ2v) is 4.75. The van der Waals surface area contributed by atoms with Crippen molar-refractivity contribution in [1.29, 1.82) is 0 Å². The van der Waals surface area contributed by atoms with Crippen molar-refractivity contribution >= 4 is 0 Å². The molecule has 0 bridgehead atoms. The molecule has 1 fully saturated rings. The van der Waals surface area contributed by atoms with Crippen LogP contribution in [-0.4, -0.2) is 64.1 Å². The molecule has 0 aromatic rings. The molecule has 1 atom stereocenters. The number of methoxy groups -OCH3 is 1. The Morgan fingerprint density at radius 3 is 2.65 bits per heavy atom. The lowest BCUT2D eigenvalue weighted by Gasteiger charge is -2.23. The molecule has 0 aromatic carbocycles. The SMILES string of the molecule is COCCOCCCNCC(C)N1CCCC1. The van der Waals surface area contributed by atoms with Gasteiger partial charge in [0.1, 0.15) is 0 Å². The molecule has 4 heteroatoms. The normalized spacial score (nSPS) is 18.7. The summed E-state index contributed by atoms with van der Waals surface area (Å²) in [5.41, 5.74) is 0. The van der Waals surface area contributed by atoms with E-state index in [4.69, 9.17) is 9.47 Å². The summed E-state index contributed by atoms with van der Waals surface area (Å²) in [6, 6.07) is 0.673. The summed E-state index contributed by atoms with van der Waals surface area (Å²) in [4.78, 5) is 2.57. The van der Waals surface area contributed by atoms with Crippen LogP contribution in [0.3, 0.4) is 0 Å². The summed E-state index contributed by atoms with van der Waals surface area (Å²) in [5.74, 6) is 0. The molecule has 1 aliphatic rings. The Morgan fingerprint density at radius 1 is 1.18 bits per heavy atom. The number of likely N-dealkylation sites (tertiary alicyclic amines) is 1. The number of nitrogens with zero attached hydrogens (tertiary/aromatic N) is 1. The van der Waals surface area contributed by atoms with Gasteiger partial charge in [0, 0.05) is 26.3 Å². The summed E-state index contributed by atoms with van der Waals surface area (Å²) >= 11 is 0. The van der Waals surface area contributed by atoms with Gasteiger partial charge in [0.05, 0.1) is 13.2 Å². The molecule has 102 valence electrons. The van der Waals surface area contributed by atoms with E-state index in [0.717, 1.165) is 26.1 Å². The molecule has 0 saturated carbocycles. The second-order valence-electron chi connectivity index (χ2n) is 4.75. The lowest BCUT2D eigenvalue weighted by atomic mass is 10.3. The molecule has 1 N–H and O–H groups in total. The number of hydrogen-bond donors (Lipinski definition) is 1. The third-order valence-electron chi connectivity index (χ3n) is 3.28. The maximum Gasteiger partial charge on any atom is 0.0700 e. The minimum atomic E-state index is 0.673. The molecule has 1 unspecified atom stereocenters. The smallest absolute Gasteiger partial charge is 0.0700 e. The Labute approximate surface area is 106 Å². The van der Waals surface area contributed by atoms with Gasteiger partial charge in [-0.15, -0.1) is 0 Å². The molecule has 0 aromatic heterocycles. The molecule has 1 heterocycles. The van der Waals surface area contributed by atoms with Crippen molar-refractivity contribution in [3.8, 4) is 0 Å². The fourth-order valence-corrected chi connectivity index (χ4v) is 2.17. The summed E-state index contributed by atoms with van der Waals surface area (Å²) in [5, 5.41) is 3.50. The van der Waals surface area contributed by atoms with Crippen LogP contribution in [0.1, 0.15) is 26.2 Å². The molecular formula is C13H28N2O2. The van der Waals surface area contributed by atoms with Crippen molar-refractivity contribution in [2.45, 2.75) is 32.2 Å². The highest BCUT2D eigenvalue weighted by atomic mass is 16.5. The van der Waals surface area contributed by atoms with Gasteiger partial charge in [0.2, 0.25) is 0 Å². The Kier molecular flexibility index (Phi) is 8.61. The van der Waals surface area contributed by atoms with Gasteiger partial charge >= 0.3 is 0 Å². The van der Waals surface area contributed by atoms with E-state index in [1.807, 2.05) is 0 Å². The zero-order chi connectivity index (χ0) is 12.3. The van der Waals surface area contributed by atoms with Crippen molar-refractivity contribution in [2.75, 3.05) is 53.1 Å². The highest BCUT2D eigenvalue weighted by molar-refractivity contribution is 4.74. The monoisotopic (exact) mass is 244 g/mol. The van der Waals surface area contributed by atoms with Gasteiger partial charge in [-0.1, -0.05) is 0 Å². The first kappa shape index (κ1) is 14.9. The largest absolute Gasteiger partial charge is 0.382 e. The molecule has 0 radical (unpaired) electrons. The topological polar surface area (TPSA) is 33.7 Å². The van der Waals surface area contributed by atoms with Crippen LogP contribution in [0.25, 0.3) is 0 Å².